The molecule has 1 atom stereocenters. The highest BCUT2D eigenvalue weighted by Gasteiger charge is 2.13. The van der Waals surface area contributed by atoms with Gasteiger partial charge in [-0.2, -0.15) is 5.10 Å². The molecule has 0 aliphatic carbocycles. The fraction of sp³-hybridized carbons (Fsp3) is 0.412. The first kappa shape index (κ1) is 17.7. The molecular weight excluding hydrogens is 308 g/mol. The molecule has 0 saturated carbocycles. The van der Waals surface area contributed by atoms with Crippen molar-refractivity contribution in [3.63, 3.8) is 0 Å². The van der Waals surface area contributed by atoms with E-state index >= 15 is 0 Å². The van der Waals surface area contributed by atoms with E-state index in [1.54, 1.807) is 24.2 Å². The fourth-order valence-corrected chi connectivity index (χ4v) is 2.28. The third-order valence-corrected chi connectivity index (χ3v) is 3.55. The van der Waals surface area contributed by atoms with Gasteiger partial charge in [0.25, 0.3) is 0 Å². The minimum Gasteiger partial charge on any atom is -0.493 e. The summed E-state index contributed by atoms with van der Waals surface area (Å²) >= 11 is 0. The zero-order chi connectivity index (χ0) is 17.5. The van der Waals surface area contributed by atoms with Crippen LogP contribution < -0.4 is 20.1 Å². The average Bonchev–Trinajstić information content (AvgIpc) is 3.02. The number of urea groups is 1. The normalized spacial score (nSPS) is 11.7. The number of amides is 2. The smallest absolute Gasteiger partial charge is 0.319 e. The molecule has 130 valence electrons. The van der Waals surface area contributed by atoms with Crippen LogP contribution in [0.5, 0.6) is 11.5 Å². The first-order chi connectivity index (χ1) is 11.6. The van der Waals surface area contributed by atoms with Crippen LogP contribution in [0.25, 0.3) is 0 Å². The maximum Gasteiger partial charge on any atom is 0.319 e. The number of hydrogen-bond donors (Lipinski definition) is 2. The number of aromatic nitrogens is 2. The van der Waals surface area contributed by atoms with Crippen LogP contribution in [0.15, 0.2) is 30.6 Å². The first-order valence-electron chi connectivity index (χ1n) is 7.98. The van der Waals surface area contributed by atoms with Crippen LogP contribution in [0.3, 0.4) is 0 Å². The van der Waals surface area contributed by atoms with Crippen molar-refractivity contribution in [3.05, 3.63) is 36.2 Å². The number of aryl methyl sites for hydroxylation is 1. The summed E-state index contributed by atoms with van der Waals surface area (Å²) in [5, 5.41) is 9.78. The van der Waals surface area contributed by atoms with Gasteiger partial charge in [-0.05, 0) is 38.5 Å². The van der Waals surface area contributed by atoms with Crippen LogP contribution in [0.1, 0.15) is 32.4 Å². The summed E-state index contributed by atoms with van der Waals surface area (Å²) in [6, 6.07) is 5.15. The number of carbonyl (C=O) groups excluding carboxylic acids is 1. The molecule has 0 aliphatic heterocycles. The molecule has 1 aromatic heterocycles. The van der Waals surface area contributed by atoms with Gasteiger partial charge in [0.05, 0.1) is 31.6 Å². The Morgan fingerprint density at radius 3 is 2.75 bits per heavy atom. The van der Waals surface area contributed by atoms with E-state index < -0.39 is 0 Å². The van der Waals surface area contributed by atoms with Crippen molar-refractivity contribution in [2.75, 3.05) is 19.0 Å². The van der Waals surface area contributed by atoms with Gasteiger partial charge in [-0.1, -0.05) is 6.07 Å². The molecule has 0 unspecified atom stereocenters. The molecule has 0 bridgehead atoms. The number of anilines is 1. The highest BCUT2D eigenvalue weighted by molar-refractivity contribution is 5.89. The standard InChI is InChI=1S/C17H24N4O3/c1-5-21-11-14(10-18-21)20-17(22)19-12(3)13-7-8-15(24-6-2)16(9-13)23-4/h7-12H,5-6H2,1-4H3,(H2,19,20,22)/t12-/m0/s1. The Hall–Kier alpha value is -2.70. The second-order valence-electron chi connectivity index (χ2n) is 5.25. The van der Waals surface area contributed by atoms with E-state index in [1.807, 2.05) is 39.0 Å². The molecule has 24 heavy (non-hydrogen) atoms. The summed E-state index contributed by atoms with van der Waals surface area (Å²) in [4.78, 5) is 12.1. The van der Waals surface area contributed by atoms with Gasteiger partial charge in [-0.25, -0.2) is 4.79 Å². The van der Waals surface area contributed by atoms with Crippen molar-refractivity contribution in [2.45, 2.75) is 33.4 Å². The molecule has 7 heteroatoms. The molecule has 1 heterocycles. The Labute approximate surface area is 142 Å². The minimum atomic E-state index is -0.286. The molecule has 0 spiro atoms. The van der Waals surface area contributed by atoms with E-state index in [4.69, 9.17) is 9.47 Å². The van der Waals surface area contributed by atoms with Gasteiger partial charge in [-0.3, -0.25) is 4.68 Å². The fourth-order valence-electron chi connectivity index (χ4n) is 2.28. The molecule has 7 nitrogen and oxygen atoms in total. The van der Waals surface area contributed by atoms with Crippen LogP contribution in [-0.2, 0) is 6.54 Å². The molecule has 2 aromatic rings. The molecular formula is C17H24N4O3. The summed E-state index contributed by atoms with van der Waals surface area (Å²) in [6.45, 7) is 7.13. The highest BCUT2D eigenvalue weighted by Crippen LogP contribution is 2.30. The Bertz CT molecular complexity index is 684. The Morgan fingerprint density at radius 2 is 2.12 bits per heavy atom. The number of rotatable bonds is 7. The van der Waals surface area contributed by atoms with Crippen molar-refractivity contribution >= 4 is 11.7 Å². The van der Waals surface area contributed by atoms with Crippen LogP contribution in [0.2, 0.25) is 0 Å². The van der Waals surface area contributed by atoms with Crippen LogP contribution in [-0.4, -0.2) is 29.5 Å². The molecule has 0 fully saturated rings. The van der Waals surface area contributed by atoms with Gasteiger partial charge in [0.2, 0.25) is 0 Å². The molecule has 2 amide bonds. The van der Waals surface area contributed by atoms with Gasteiger partial charge < -0.3 is 20.1 Å². The van der Waals surface area contributed by atoms with Gasteiger partial charge in [0.15, 0.2) is 11.5 Å². The lowest BCUT2D eigenvalue weighted by molar-refractivity contribution is 0.249. The van der Waals surface area contributed by atoms with E-state index in [1.165, 1.54) is 0 Å². The lowest BCUT2D eigenvalue weighted by atomic mass is 10.1. The third kappa shape index (κ3) is 4.41. The zero-order valence-electron chi connectivity index (χ0n) is 14.5. The quantitative estimate of drug-likeness (QED) is 0.816. The average molecular weight is 332 g/mol. The summed E-state index contributed by atoms with van der Waals surface area (Å²) in [6.07, 6.45) is 3.40. The van der Waals surface area contributed by atoms with Gasteiger partial charge in [0.1, 0.15) is 0 Å². The minimum absolute atomic E-state index is 0.184. The number of benzene rings is 1. The topological polar surface area (TPSA) is 77.4 Å². The van der Waals surface area contributed by atoms with E-state index in [0.29, 0.717) is 23.8 Å². The van der Waals surface area contributed by atoms with E-state index in [9.17, 15) is 4.79 Å². The second-order valence-corrected chi connectivity index (χ2v) is 5.25. The predicted molar refractivity (Wildman–Crippen MR) is 92.6 cm³/mol. The van der Waals surface area contributed by atoms with E-state index in [0.717, 1.165) is 12.1 Å². The van der Waals surface area contributed by atoms with E-state index in [2.05, 4.69) is 15.7 Å². The van der Waals surface area contributed by atoms with Crippen molar-refractivity contribution in [3.8, 4) is 11.5 Å². The number of ether oxygens (including phenoxy) is 2. The molecule has 0 radical (unpaired) electrons. The Kier molecular flexibility index (Phi) is 6.06. The van der Waals surface area contributed by atoms with Crippen LogP contribution in [0.4, 0.5) is 10.5 Å². The van der Waals surface area contributed by atoms with Crippen molar-refractivity contribution < 1.29 is 14.3 Å². The number of hydrogen-bond acceptors (Lipinski definition) is 4. The zero-order valence-corrected chi connectivity index (χ0v) is 14.5. The monoisotopic (exact) mass is 332 g/mol. The number of nitrogens with zero attached hydrogens (tertiary/aromatic N) is 2. The molecule has 0 aliphatic rings. The van der Waals surface area contributed by atoms with Gasteiger partial charge >= 0.3 is 6.03 Å². The van der Waals surface area contributed by atoms with Crippen LogP contribution >= 0.6 is 0 Å². The van der Waals surface area contributed by atoms with Crippen molar-refractivity contribution in [2.24, 2.45) is 0 Å². The predicted octanol–water partition coefficient (Wildman–Crippen LogP) is 3.19. The van der Waals surface area contributed by atoms with Gasteiger partial charge in [0, 0.05) is 12.7 Å². The molecule has 2 N–H and O–H groups in total. The number of carbonyl (C=O) groups is 1. The van der Waals surface area contributed by atoms with Gasteiger partial charge in [-0.15, -0.1) is 0 Å². The molecule has 0 saturated heterocycles. The lowest BCUT2D eigenvalue weighted by Crippen LogP contribution is -2.31. The molecule has 1 aromatic carbocycles. The Balaban J connectivity index is 2.00. The first-order valence-corrected chi connectivity index (χ1v) is 7.98. The molecule has 2 rings (SSSR count). The number of methoxy groups -OCH3 is 1. The second kappa shape index (κ2) is 8.24. The summed E-state index contributed by atoms with van der Waals surface area (Å²) in [5.74, 6) is 1.33. The van der Waals surface area contributed by atoms with E-state index in [-0.39, 0.29) is 12.1 Å². The summed E-state index contributed by atoms with van der Waals surface area (Å²) in [5.41, 5.74) is 1.58. The maximum absolute atomic E-state index is 12.1. The highest BCUT2D eigenvalue weighted by atomic mass is 16.5. The Morgan fingerprint density at radius 1 is 1.33 bits per heavy atom. The third-order valence-electron chi connectivity index (χ3n) is 3.55. The summed E-state index contributed by atoms with van der Waals surface area (Å²) < 4.78 is 12.6. The SMILES string of the molecule is CCOc1ccc([C@H](C)NC(=O)Nc2cnn(CC)c2)cc1OC. The van der Waals surface area contributed by atoms with Crippen molar-refractivity contribution in [1.82, 2.24) is 15.1 Å². The largest absolute Gasteiger partial charge is 0.493 e. The lowest BCUT2D eigenvalue weighted by Gasteiger charge is -2.17. The van der Waals surface area contributed by atoms with Crippen LogP contribution in [0, 0.1) is 0 Å². The summed E-state index contributed by atoms with van der Waals surface area (Å²) in [7, 11) is 1.60. The number of nitrogens with one attached hydrogen (secondary N) is 2. The van der Waals surface area contributed by atoms with Crippen molar-refractivity contribution in [1.29, 1.82) is 0 Å². The maximum atomic E-state index is 12.1.